The van der Waals surface area contributed by atoms with Crippen molar-refractivity contribution in [3.05, 3.63) is 0 Å². The van der Waals surface area contributed by atoms with E-state index in [0.29, 0.717) is 10.5 Å². The van der Waals surface area contributed by atoms with Crippen LogP contribution in [0.4, 0.5) is 0 Å². The van der Waals surface area contributed by atoms with Gasteiger partial charge in [-0.15, -0.1) is 0 Å². The van der Waals surface area contributed by atoms with Crippen molar-refractivity contribution in [2.75, 3.05) is 11.5 Å². The zero-order chi connectivity index (χ0) is 14.8. The SMILES string of the molecule is O=C([O-])CSC1CCCC1.O=C([O-])CSC1CCCC1.[Ca+2]. The third-order valence-electron chi connectivity index (χ3n) is 3.48. The van der Waals surface area contributed by atoms with E-state index in [4.69, 9.17) is 0 Å². The Kier molecular flexibility index (Phi) is 13.9. The zero-order valence-electron chi connectivity index (χ0n) is 12.4. The van der Waals surface area contributed by atoms with Gasteiger partial charge >= 0.3 is 37.7 Å². The number of rotatable bonds is 6. The van der Waals surface area contributed by atoms with Crippen molar-refractivity contribution in [2.45, 2.75) is 61.9 Å². The predicted molar refractivity (Wildman–Crippen MR) is 85.2 cm³/mol. The Morgan fingerprint density at radius 2 is 1.05 bits per heavy atom. The summed E-state index contributed by atoms with van der Waals surface area (Å²) in [5, 5.41) is 21.2. The van der Waals surface area contributed by atoms with Crippen LogP contribution in [-0.4, -0.2) is 71.7 Å². The maximum Gasteiger partial charge on any atom is 2.00 e. The Labute approximate surface area is 165 Å². The second-order valence-electron chi connectivity index (χ2n) is 5.18. The van der Waals surface area contributed by atoms with Crippen molar-refractivity contribution in [1.29, 1.82) is 0 Å². The van der Waals surface area contributed by atoms with Gasteiger partial charge in [-0.1, -0.05) is 25.7 Å². The van der Waals surface area contributed by atoms with E-state index in [1.54, 1.807) is 0 Å². The van der Waals surface area contributed by atoms with Crippen LogP contribution in [0.1, 0.15) is 51.4 Å². The van der Waals surface area contributed by atoms with Crippen molar-refractivity contribution in [3.8, 4) is 0 Å². The molecule has 0 aromatic rings. The van der Waals surface area contributed by atoms with Crippen LogP contribution in [-0.2, 0) is 9.59 Å². The molecule has 4 nitrogen and oxygen atoms in total. The van der Waals surface area contributed by atoms with E-state index in [9.17, 15) is 19.8 Å². The molecular weight excluding hydrogens is 336 g/mol. The van der Waals surface area contributed by atoms with Crippen LogP contribution in [0.25, 0.3) is 0 Å². The first-order valence-corrected chi connectivity index (χ1v) is 9.30. The Morgan fingerprint density at radius 1 is 0.762 bits per heavy atom. The molecule has 2 saturated carbocycles. The fourth-order valence-electron chi connectivity index (χ4n) is 2.48. The van der Waals surface area contributed by atoms with E-state index >= 15 is 0 Å². The van der Waals surface area contributed by atoms with Crippen LogP contribution in [0.5, 0.6) is 0 Å². The smallest absolute Gasteiger partial charge is 0.549 e. The summed E-state index contributed by atoms with van der Waals surface area (Å²) in [4.78, 5) is 20.0. The number of aliphatic carboxylic acids is 2. The zero-order valence-corrected chi connectivity index (χ0v) is 16.2. The van der Waals surface area contributed by atoms with Gasteiger partial charge in [0.1, 0.15) is 0 Å². The van der Waals surface area contributed by atoms with Gasteiger partial charge in [0.25, 0.3) is 0 Å². The average Bonchev–Trinajstić information content (AvgIpc) is 3.08. The predicted octanol–water partition coefficient (Wildman–Crippen LogP) is 0.443. The maximum absolute atomic E-state index is 10.0. The van der Waals surface area contributed by atoms with Crippen LogP contribution in [0.3, 0.4) is 0 Å². The molecule has 0 heterocycles. The summed E-state index contributed by atoms with van der Waals surface area (Å²) in [7, 11) is 0. The summed E-state index contributed by atoms with van der Waals surface area (Å²) in [5.74, 6) is -1.52. The van der Waals surface area contributed by atoms with Crippen LogP contribution in [0, 0.1) is 0 Å². The third-order valence-corrected chi connectivity index (χ3v) is 6.17. The topological polar surface area (TPSA) is 80.3 Å². The molecule has 0 bridgehead atoms. The Balaban J connectivity index is 0.000000364. The maximum atomic E-state index is 10.0. The summed E-state index contributed by atoms with van der Waals surface area (Å²) in [6.45, 7) is 0. The molecule has 2 aliphatic carbocycles. The number of thioether (sulfide) groups is 2. The normalized spacial score (nSPS) is 18.7. The molecule has 0 amide bonds. The molecule has 0 aromatic carbocycles. The number of hydrogen-bond acceptors (Lipinski definition) is 6. The van der Waals surface area contributed by atoms with E-state index in [-0.39, 0.29) is 49.2 Å². The van der Waals surface area contributed by atoms with Crippen LogP contribution in [0.15, 0.2) is 0 Å². The molecule has 7 heteroatoms. The van der Waals surface area contributed by atoms with E-state index in [0.717, 1.165) is 0 Å². The first kappa shape index (κ1) is 21.9. The molecule has 0 radical (unpaired) electrons. The van der Waals surface area contributed by atoms with E-state index in [1.165, 1.54) is 74.9 Å². The van der Waals surface area contributed by atoms with Crippen LogP contribution in [0.2, 0.25) is 0 Å². The monoisotopic (exact) mass is 358 g/mol. The van der Waals surface area contributed by atoms with Gasteiger partial charge in [-0.05, 0) is 25.7 Å². The number of carboxylic acid groups (broad SMARTS) is 2. The average molecular weight is 359 g/mol. The van der Waals surface area contributed by atoms with Gasteiger partial charge in [-0.25, -0.2) is 0 Å². The van der Waals surface area contributed by atoms with Gasteiger partial charge in [0.05, 0.1) is 11.9 Å². The molecule has 0 saturated heterocycles. The van der Waals surface area contributed by atoms with Gasteiger partial charge in [-0.3, -0.25) is 0 Å². The standard InChI is InChI=1S/2C7H12O2S.Ca/c2*8-7(9)5-10-6-3-1-2-4-6;/h2*6H,1-5H2,(H,8,9);/q;;+2/p-2. The molecule has 21 heavy (non-hydrogen) atoms. The molecule has 116 valence electrons. The fraction of sp³-hybridized carbons (Fsp3) is 0.857. The Hall–Kier alpha value is 0.900. The minimum atomic E-state index is -0.933. The van der Waals surface area contributed by atoms with Crippen LogP contribution >= 0.6 is 23.5 Å². The quantitative estimate of drug-likeness (QED) is 0.641. The van der Waals surface area contributed by atoms with Gasteiger partial charge in [0.15, 0.2) is 0 Å². The van der Waals surface area contributed by atoms with Crippen molar-refractivity contribution in [3.63, 3.8) is 0 Å². The largest absolute Gasteiger partial charge is 2.00 e. The van der Waals surface area contributed by atoms with E-state index < -0.39 is 11.9 Å². The molecule has 2 fully saturated rings. The second-order valence-corrected chi connectivity index (χ2v) is 7.76. The van der Waals surface area contributed by atoms with Crippen molar-refractivity contribution >= 4 is 73.2 Å². The number of carboxylic acids is 2. The van der Waals surface area contributed by atoms with Crippen LogP contribution < -0.4 is 10.2 Å². The van der Waals surface area contributed by atoms with Crippen molar-refractivity contribution in [2.24, 2.45) is 0 Å². The van der Waals surface area contributed by atoms with Gasteiger partial charge in [0.2, 0.25) is 0 Å². The first-order chi connectivity index (χ1) is 9.58. The first-order valence-electron chi connectivity index (χ1n) is 7.21. The molecule has 0 aliphatic heterocycles. The molecule has 0 N–H and O–H groups in total. The number of hydrogen-bond donors (Lipinski definition) is 0. The van der Waals surface area contributed by atoms with Gasteiger partial charge in [-0.2, -0.15) is 23.5 Å². The summed E-state index contributed by atoms with van der Waals surface area (Å²) < 4.78 is 0. The minimum Gasteiger partial charge on any atom is -0.549 e. The molecular formula is C14H22CaO4S2. The fourth-order valence-corrected chi connectivity index (χ4v) is 4.56. The molecule has 0 aromatic heterocycles. The van der Waals surface area contributed by atoms with Gasteiger partial charge < -0.3 is 19.8 Å². The van der Waals surface area contributed by atoms with Gasteiger partial charge in [0, 0.05) is 22.0 Å². The molecule has 2 aliphatic rings. The third kappa shape index (κ3) is 12.0. The second kappa shape index (κ2) is 13.3. The molecule has 2 rings (SSSR count). The van der Waals surface area contributed by atoms with Crippen molar-refractivity contribution in [1.82, 2.24) is 0 Å². The number of carbonyl (C=O) groups excluding carboxylic acids is 2. The molecule has 0 atom stereocenters. The number of carbonyl (C=O) groups is 2. The summed E-state index contributed by atoms with van der Waals surface area (Å²) in [5.41, 5.74) is 0. The molecule has 0 spiro atoms. The molecule has 0 unspecified atom stereocenters. The summed E-state index contributed by atoms with van der Waals surface area (Å²) in [6, 6.07) is 0. The summed E-state index contributed by atoms with van der Waals surface area (Å²) in [6.07, 6.45) is 9.84. The Morgan fingerprint density at radius 3 is 1.29 bits per heavy atom. The van der Waals surface area contributed by atoms with E-state index in [1.807, 2.05) is 0 Å². The van der Waals surface area contributed by atoms with Crippen molar-refractivity contribution < 1.29 is 19.8 Å². The summed E-state index contributed by atoms with van der Waals surface area (Å²) >= 11 is 3.06. The minimum absolute atomic E-state index is 0. The van der Waals surface area contributed by atoms with E-state index in [2.05, 4.69) is 0 Å². The Bertz CT molecular complexity index is 273.